The average molecular weight is 277 g/mol. The lowest BCUT2D eigenvalue weighted by Gasteiger charge is -2.05. The van der Waals surface area contributed by atoms with Crippen LogP contribution in [0.1, 0.15) is 18.7 Å². The van der Waals surface area contributed by atoms with E-state index in [9.17, 15) is 0 Å². The molecule has 0 radical (unpaired) electrons. The number of thioether (sulfide) groups is 1. The van der Waals surface area contributed by atoms with Gasteiger partial charge in [-0.3, -0.25) is 0 Å². The number of tetrazole rings is 1. The number of nitrogens with zero attached hydrogens (tertiary/aromatic N) is 4. The van der Waals surface area contributed by atoms with Gasteiger partial charge in [-0.25, -0.2) is 0 Å². The zero-order chi connectivity index (χ0) is 13.3. The van der Waals surface area contributed by atoms with Gasteiger partial charge >= 0.3 is 0 Å². The lowest BCUT2D eigenvalue weighted by Crippen LogP contribution is -2.18. The van der Waals surface area contributed by atoms with Crippen LogP contribution in [0.2, 0.25) is 0 Å². The smallest absolute Gasteiger partial charge is 0.170 e. The van der Waals surface area contributed by atoms with Crippen LogP contribution >= 0.6 is 11.8 Å². The standard InChI is InChI=1S/C13H19N5S/c1-19-10-6-5-9-14-11-13-15-16-17-18(13)12-7-3-2-4-8-12/h2-4,7-8,14H,5-6,9-11H2,1H3. The average Bonchev–Trinajstić information content (AvgIpc) is 2.92. The Labute approximate surface area is 117 Å². The Kier molecular flexibility index (Phi) is 5.84. The van der Waals surface area contributed by atoms with E-state index >= 15 is 0 Å². The molecule has 102 valence electrons. The van der Waals surface area contributed by atoms with Gasteiger partial charge in [0, 0.05) is 0 Å². The number of para-hydroxylation sites is 1. The fourth-order valence-corrected chi connectivity index (χ4v) is 2.28. The van der Waals surface area contributed by atoms with Gasteiger partial charge in [-0.1, -0.05) is 18.2 Å². The summed E-state index contributed by atoms with van der Waals surface area (Å²) in [6, 6.07) is 9.95. The van der Waals surface area contributed by atoms with Crippen molar-refractivity contribution in [3.8, 4) is 5.69 Å². The molecule has 0 unspecified atom stereocenters. The normalized spacial score (nSPS) is 10.8. The Morgan fingerprint density at radius 1 is 1.21 bits per heavy atom. The molecule has 1 aromatic heterocycles. The quantitative estimate of drug-likeness (QED) is 0.747. The summed E-state index contributed by atoms with van der Waals surface area (Å²) in [6.45, 7) is 1.70. The largest absolute Gasteiger partial charge is 0.310 e. The topological polar surface area (TPSA) is 55.6 Å². The number of hydrogen-bond acceptors (Lipinski definition) is 5. The summed E-state index contributed by atoms with van der Waals surface area (Å²) in [5, 5.41) is 15.2. The minimum Gasteiger partial charge on any atom is -0.310 e. The summed E-state index contributed by atoms with van der Waals surface area (Å²) in [4.78, 5) is 0. The van der Waals surface area contributed by atoms with Crippen LogP contribution in [0.15, 0.2) is 30.3 Å². The fourth-order valence-electron chi connectivity index (χ4n) is 1.78. The molecule has 0 saturated heterocycles. The second-order valence-electron chi connectivity index (χ2n) is 4.22. The molecule has 0 aliphatic rings. The Balaban J connectivity index is 1.83. The summed E-state index contributed by atoms with van der Waals surface area (Å²) in [7, 11) is 0. The van der Waals surface area contributed by atoms with E-state index < -0.39 is 0 Å². The van der Waals surface area contributed by atoms with Crippen molar-refractivity contribution in [1.82, 2.24) is 25.5 Å². The molecule has 0 bridgehead atoms. The Morgan fingerprint density at radius 2 is 2.05 bits per heavy atom. The molecule has 0 aliphatic carbocycles. The van der Waals surface area contributed by atoms with Gasteiger partial charge in [-0.05, 0) is 54.0 Å². The molecule has 1 aromatic carbocycles. The minimum absolute atomic E-state index is 0.696. The zero-order valence-electron chi connectivity index (χ0n) is 11.1. The molecular formula is C13H19N5S. The van der Waals surface area contributed by atoms with Crippen LogP contribution in [0.5, 0.6) is 0 Å². The number of benzene rings is 1. The number of hydrogen-bond donors (Lipinski definition) is 1. The predicted octanol–water partition coefficient (Wildman–Crippen LogP) is 1.90. The van der Waals surface area contributed by atoms with Gasteiger partial charge in [0.05, 0.1) is 12.2 Å². The molecule has 5 nitrogen and oxygen atoms in total. The molecule has 2 rings (SSSR count). The molecule has 0 fully saturated rings. The number of unbranched alkanes of at least 4 members (excludes halogenated alkanes) is 1. The van der Waals surface area contributed by atoms with Gasteiger partial charge in [0.15, 0.2) is 5.82 Å². The van der Waals surface area contributed by atoms with Crippen molar-refractivity contribution in [2.75, 3.05) is 18.6 Å². The van der Waals surface area contributed by atoms with Gasteiger partial charge in [-0.2, -0.15) is 16.4 Å². The van der Waals surface area contributed by atoms with Crippen LogP contribution in [-0.4, -0.2) is 38.8 Å². The van der Waals surface area contributed by atoms with Gasteiger partial charge in [0.1, 0.15) is 0 Å². The first kappa shape index (κ1) is 14.0. The monoisotopic (exact) mass is 277 g/mol. The summed E-state index contributed by atoms with van der Waals surface area (Å²) in [5.41, 5.74) is 0.992. The van der Waals surface area contributed by atoms with Gasteiger partial charge < -0.3 is 5.32 Å². The maximum Gasteiger partial charge on any atom is 0.170 e. The third kappa shape index (κ3) is 4.33. The minimum atomic E-state index is 0.696. The van der Waals surface area contributed by atoms with E-state index in [4.69, 9.17) is 0 Å². The molecule has 19 heavy (non-hydrogen) atoms. The summed E-state index contributed by atoms with van der Waals surface area (Å²) in [5.74, 6) is 2.07. The van der Waals surface area contributed by atoms with Crippen molar-refractivity contribution in [2.24, 2.45) is 0 Å². The van der Waals surface area contributed by atoms with Crippen molar-refractivity contribution >= 4 is 11.8 Å². The van der Waals surface area contributed by atoms with Crippen LogP contribution in [0, 0.1) is 0 Å². The number of aromatic nitrogens is 4. The molecular weight excluding hydrogens is 258 g/mol. The molecule has 2 aromatic rings. The fraction of sp³-hybridized carbons (Fsp3) is 0.462. The number of rotatable bonds is 8. The van der Waals surface area contributed by atoms with Crippen LogP contribution in [0.4, 0.5) is 0 Å². The highest BCUT2D eigenvalue weighted by Crippen LogP contribution is 2.06. The maximum atomic E-state index is 4.06. The summed E-state index contributed by atoms with van der Waals surface area (Å²) < 4.78 is 1.77. The molecule has 1 N–H and O–H groups in total. The van der Waals surface area contributed by atoms with E-state index in [-0.39, 0.29) is 0 Å². The van der Waals surface area contributed by atoms with Gasteiger partial charge in [0.2, 0.25) is 0 Å². The Bertz CT molecular complexity index is 471. The van der Waals surface area contributed by atoms with Crippen molar-refractivity contribution in [1.29, 1.82) is 0 Å². The molecule has 0 amide bonds. The Hall–Kier alpha value is -1.40. The lowest BCUT2D eigenvalue weighted by atomic mass is 10.3. The first-order valence-corrected chi connectivity index (χ1v) is 7.83. The predicted molar refractivity (Wildman–Crippen MR) is 78.5 cm³/mol. The second-order valence-corrected chi connectivity index (χ2v) is 5.20. The van der Waals surface area contributed by atoms with E-state index in [1.54, 1.807) is 4.68 Å². The third-order valence-electron chi connectivity index (χ3n) is 2.77. The highest BCUT2D eigenvalue weighted by Gasteiger charge is 2.06. The highest BCUT2D eigenvalue weighted by atomic mass is 32.2. The first-order valence-electron chi connectivity index (χ1n) is 6.44. The van der Waals surface area contributed by atoms with Crippen molar-refractivity contribution < 1.29 is 0 Å². The lowest BCUT2D eigenvalue weighted by molar-refractivity contribution is 0.612. The SMILES string of the molecule is CSCCCCNCc1nnnn1-c1ccccc1. The van der Waals surface area contributed by atoms with Crippen LogP contribution in [-0.2, 0) is 6.54 Å². The third-order valence-corrected chi connectivity index (χ3v) is 3.47. The van der Waals surface area contributed by atoms with Crippen LogP contribution < -0.4 is 5.32 Å². The molecule has 1 heterocycles. The van der Waals surface area contributed by atoms with E-state index in [0.717, 1.165) is 18.1 Å². The first-order chi connectivity index (χ1) is 9.42. The van der Waals surface area contributed by atoms with Gasteiger partial charge in [-0.15, -0.1) is 5.10 Å². The highest BCUT2D eigenvalue weighted by molar-refractivity contribution is 7.98. The van der Waals surface area contributed by atoms with E-state index in [1.165, 1.54) is 18.6 Å². The molecule has 0 aliphatic heterocycles. The van der Waals surface area contributed by atoms with Crippen molar-refractivity contribution in [3.63, 3.8) is 0 Å². The molecule has 0 atom stereocenters. The van der Waals surface area contributed by atoms with E-state index in [1.807, 2.05) is 42.1 Å². The molecule has 6 heteroatoms. The summed E-state index contributed by atoms with van der Waals surface area (Å²) in [6.07, 6.45) is 4.58. The van der Waals surface area contributed by atoms with E-state index in [2.05, 4.69) is 27.1 Å². The number of nitrogens with one attached hydrogen (secondary N) is 1. The van der Waals surface area contributed by atoms with Crippen LogP contribution in [0.3, 0.4) is 0 Å². The van der Waals surface area contributed by atoms with Crippen LogP contribution in [0.25, 0.3) is 5.69 Å². The van der Waals surface area contributed by atoms with Crippen molar-refractivity contribution in [2.45, 2.75) is 19.4 Å². The van der Waals surface area contributed by atoms with Gasteiger partial charge in [0.25, 0.3) is 0 Å². The van der Waals surface area contributed by atoms with E-state index in [0.29, 0.717) is 6.54 Å². The van der Waals surface area contributed by atoms with Crippen molar-refractivity contribution in [3.05, 3.63) is 36.2 Å². The second kappa shape index (κ2) is 7.91. The summed E-state index contributed by atoms with van der Waals surface area (Å²) >= 11 is 1.89. The maximum absolute atomic E-state index is 4.06. The zero-order valence-corrected chi connectivity index (χ0v) is 11.9. The molecule has 0 spiro atoms. The Morgan fingerprint density at radius 3 is 2.84 bits per heavy atom. The molecule has 0 saturated carbocycles.